The van der Waals surface area contributed by atoms with Gasteiger partial charge in [0.2, 0.25) is 11.8 Å². The van der Waals surface area contributed by atoms with Crippen LogP contribution in [0, 0.1) is 10.8 Å². The van der Waals surface area contributed by atoms with Crippen LogP contribution in [-0.2, 0) is 9.59 Å². The Kier molecular flexibility index (Phi) is 5.66. The second-order valence-corrected chi connectivity index (χ2v) is 6.42. The summed E-state index contributed by atoms with van der Waals surface area (Å²) in [7, 11) is 0. The van der Waals surface area contributed by atoms with E-state index < -0.39 is 11.3 Å². The lowest BCUT2D eigenvalue weighted by molar-refractivity contribution is -0.130. The van der Waals surface area contributed by atoms with Gasteiger partial charge in [-0.1, -0.05) is 34.6 Å². The van der Waals surface area contributed by atoms with Crippen LogP contribution in [0.2, 0.25) is 0 Å². The highest BCUT2D eigenvalue weighted by atomic mass is 16.2. The largest absolute Gasteiger partial charge is 0.370 e. The number of nitrogens with one attached hydrogen (secondary N) is 1. The molecule has 0 saturated heterocycles. The highest BCUT2D eigenvalue weighted by molar-refractivity contribution is 5.82. The molecule has 0 saturated carbocycles. The minimum atomic E-state index is -0.398. The summed E-state index contributed by atoms with van der Waals surface area (Å²) in [5.41, 5.74) is 4.84. The fourth-order valence-corrected chi connectivity index (χ4v) is 1.34. The molecule has 17 heavy (non-hydrogen) atoms. The molecule has 0 radical (unpaired) electrons. The highest BCUT2D eigenvalue weighted by Gasteiger charge is 2.28. The SMILES string of the molecule is CC(C)(C)CCC(C)(C)C(=O)NCCC(N)=O. The molecule has 0 heterocycles. The molecule has 0 bridgehead atoms. The van der Waals surface area contributed by atoms with Crippen molar-refractivity contribution in [2.45, 2.75) is 53.9 Å². The van der Waals surface area contributed by atoms with Crippen LogP contribution in [0.3, 0.4) is 0 Å². The first-order valence-electron chi connectivity index (χ1n) is 6.11. The number of carbonyl (C=O) groups is 2. The smallest absolute Gasteiger partial charge is 0.225 e. The Hall–Kier alpha value is -1.06. The van der Waals surface area contributed by atoms with Crippen molar-refractivity contribution in [1.82, 2.24) is 5.32 Å². The van der Waals surface area contributed by atoms with Gasteiger partial charge in [-0.15, -0.1) is 0 Å². The molecule has 0 aliphatic rings. The molecule has 4 heteroatoms. The topological polar surface area (TPSA) is 72.2 Å². The minimum Gasteiger partial charge on any atom is -0.370 e. The van der Waals surface area contributed by atoms with Crippen LogP contribution >= 0.6 is 0 Å². The third-order valence-electron chi connectivity index (χ3n) is 2.77. The average Bonchev–Trinajstić information content (AvgIpc) is 2.13. The number of rotatable bonds is 6. The molecule has 0 aromatic heterocycles. The van der Waals surface area contributed by atoms with Crippen molar-refractivity contribution in [3.05, 3.63) is 0 Å². The summed E-state index contributed by atoms with van der Waals surface area (Å²) in [6.45, 7) is 10.7. The Morgan fingerprint density at radius 3 is 2.00 bits per heavy atom. The van der Waals surface area contributed by atoms with Gasteiger partial charge in [0, 0.05) is 18.4 Å². The van der Waals surface area contributed by atoms with E-state index in [1.54, 1.807) is 0 Å². The van der Waals surface area contributed by atoms with E-state index in [-0.39, 0.29) is 17.7 Å². The van der Waals surface area contributed by atoms with Gasteiger partial charge in [-0.25, -0.2) is 0 Å². The Balaban J connectivity index is 4.11. The van der Waals surface area contributed by atoms with E-state index >= 15 is 0 Å². The summed E-state index contributed by atoms with van der Waals surface area (Å²) in [6.07, 6.45) is 2.02. The summed E-state index contributed by atoms with van der Waals surface area (Å²) in [5, 5.41) is 2.75. The second-order valence-electron chi connectivity index (χ2n) is 6.42. The number of amides is 2. The fourth-order valence-electron chi connectivity index (χ4n) is 1.34. The average molecular weight is 242 g/mol. The Morgan fingerprint density at radius 2 is 1.59 bits per heavy atom. The van der Waals surface area contributed by atoms with Crippen molar-refractivity contribution in [2.24, 2.45) is 16.6 Å². The molecule has 0 fully saturated rings. The Labute approximate surface area is 104 Å². The van der Waals surface area contributed by atoms with Crippen LogP contribution in [0.5, 0.6) is 0 Å². The molecule has 0 unspecified atom stereocenters. The number of hydrogen-bond acceptors (Lipinski definition) is 2. The normalized spacial score (nSPS) is 12.3. The lowest BCUT2D eigenvalue weighted by Gasteiger charge is -2.27. The molecule has 0 spiro atoms. The molecule has 0 aromatic carbocycles. The molecule has 0 atom stereocenters. The van der Waals surface area contributed by atoms with Crippen molar-refractivity contribution < 1.29 is 9.59 Å². The molecular formula is C13H26N2O2. The monoisotopic (exact) mass is 242 g/mol. The van der Waals surface area contributed by atoms with E-state index in [9.17, 15) is 9.59 Å². The zero-order valence-electron chi connectivity index (χ0n) is 11.7. The van der Waals surface area contributed by atoms with Gasteiger partial charge in [0.25, 0.3) is 0 Å². The minimum absolute atomic E-state index is 0.0111. The highest BCUT2D eigenvalue weighted by Crippen LogP contribution is 2.30. The molecule has 4 nitrogen and oxygen atoms in total. The van der Waals surface area contributed by atoms with Gasteiger partial charge < -0.3 is 11.1 Å². The number of hydrogen-bond donors (Lipinski definition) is 2. The van der Waals surface area contributed by atoms with Gasteiger partial charge in [-0.3, -0.25) is 9.59 Å². The Morgan fingerprint density at radius 1 is 1.06 bits per heavy atom. The van der Waals surface area contributed by atoms with Gasteiger partial charge >= 0.3 is 0 Å². The summed E-state index contributed by atoms with van der Waals surface area (Å²) < 4.78 is 0. The van der Waals surface area contributed by atoms with E-state index in [4.69, 9.17) is 5.73 Å². The summed E-state index contributed by atoms with van der Waals surface area (Å²) >= 11 is 0. The predicted molar refractivity (Wildman–Crippen MR) is 69.3 cm³/mol. The summed E-state index contributed by atoms with van der Waals surface area (Å²) in [6, 6.07) is 0. The molecule has 0 aliphatic carbocycles. The van der Waals surface area contributed by atoms with Crippen molar-refractivity contribution in [1.29, 1.82) is 0 Å². The zero-order chi connectivity index (χ0) is 13.7. The van der Waals surface area contributed by atoms with Crippen LogP contribution in [0.25, 0.3) is 0 Å². The van der Waals surface area contributed by atoms with Gasteiger partial charge in [-0.05, 0) is 18.3 Å². The molecule has 3 N–H and O–H groups in total. The van der Waals surface area contributed by atoms with Crippen LogP contribution in [0.15, 0.2) is 0 Å². The predicted octanol–water partition coefficient (Wildman–Crippen LogP) is 1.83. The van der Waals surface area contributed by atoms with Crippen molar-refractivity contribution in [3.8, 4) is 0 Å². The first kappa shape index (κ1) is 15.9. The Bertz CT molecular complexity index is 278. The quantitative estimate of drug-likeness (QED) is 0.746. The summed E-state index contributed by atoms with van der Waals surface area (Å²) in [5.74, 6) is -0.402. The first-order valence-corrected chi connectivity index (χ1v) is 6.11. The van der Waals surface area contributed by atoms with Crippen LogP contribution in [0.1, 0.15) is 53.9 Å². The van der Waals surface area contributed by atoms with Gasteiger partial charge in [0.1, 0.15) is 0 Å². The third-order valence-corrected chi connectivity index (χ3v) is 2.77. The molecule has 100 valence electrons. The number of primary amides is 1. The maximum atomic E-state index is 11.9. The first-order chi connectivity index (χ1) is 7.54. The maximum absolute atomic E-state index is 11.9. The second kappa shape index (κ2) is 6.03. The fraction of sp³-hybridized carbons (Fsp3) is 0.846. The molecular weight excluding hydrogens is 216 g/mol. The number of nitrogens with two attached hydrogens (primary N) is 1. The molecule has 0 aliphatic heterocycles. The van der Waals surface area contributed by atoms with E-state index in [0.29, 0.717) is 6.54 Å². The van der Waals surface area contributed by atoms with E-state index in [1.807, 2.05) is 13.8 Å². The zero-order valence-corrected chi connectivity index (χ0v) is 11.7. The molecule has 2 amide bonds. The van der Waals surface area contributed by atoms with Gasteiger partial charge in [0.05, 0.1) is 0 Å². The number of carbonyl (C=O) groups excluding carboxylic acids is 2. The van der Waals surface area contributed by atoms with E-state index in [2.05, 4.69) is 26.1 Å². The molecule has 0 rings (SSSR count). The van der Waals surface area contributed by atoms with Crippen molar-refractivity contribution in [2.75, 3.05) is 6.54 Å². The van der Waals surface area contributed by atoms with Gasteiger partial charge in [-0.2, -0.15) is 0 Å². The summed E-state index contributed by atoms with van der Waals surface area (Å²) in [4.78, 5) is 22.5. The van der Waals surface area contributed by atoms with E-state index in [1.165, 1.54) is 0 Å². The standard InChI is InChI=1S/C13H26N2O2/c1-12(2,3)7-8-13(4,5)11(17)15-9-6-10(14)16/h6-9H2,1-5H3,(H2,14,16)(H,15,17). The molecule has 0 aromatic rings. The lowest BCUT2D eigenvalue weighted by Crippen LogP contribution is -2.38. The van der Waals surface area contributed by atoms with Crippen LogP contribution in [0.4, 0.5) is 0 Å². The van der Waals surface area contributed by atoms with Gasteiger partial charge in [0.15, 0.2) is 0 Å². The van der Waals surface area contributed by atoms with Crippen LogP contribution < -0.4 is 11.1 Å². The van der Waals surface area contributed by atoms with Crippen LogP contribution in [-0.4, -0.2) is 18.4 Å². The third kappa shape index (κ3) is 7.77. The van der Waals surface area contributed by atoms with Crippen molar-refractivity contribution in [3.63, 3.8) is 0 Å². The van der Waals surface area contributed by atoms with Crippen molar-refractivity contribution >= 4 is 11.8 Å². The lowest BCUT2D eigenvalue weighted by atomic mass is 9.79. The maximum Gasteiger partial charge on any atom is 0.225 e. The van der Waals surface area contributed by atoms with E-state index in [0.717, 1.165) is 12.8 Å².